The van der Waals surface area contributed by atoms with Crippen LogP contribution in [0.4, 0.5) is 0 Å². The van der Waals surface area contributed by atoms with E-state index in [9.17, 15) is 9.59 Å². The van der Waals surface area contributed by atoms with E-state index in [4.69, 9.17) is 5.11 Å². The van der Waals surface area contributed by atoms with E-state index in [1.807, 2.05) is 41.8 Å². The Kier molecular flexibility index (Phi) is 5.29. The molecule has 5 heteroatoms. The van der Waals surface area contributed by atoms with Gasteiger partial charge in [-0.2, -0.15) is 0 Å². The summed E-state index contributed by atoms with van der Waals surface area (Å²) in [6, 6.07) is 11.3. The highest BCUT2D eigenvalue weighted by atomic mass is 32.1. The van der Waals surface area contributed by atoms with E-state index in [1.54, 1.807) is 11.3 Å². The number of nitrogens with one attached hydrogen (secondary N) is 1. The Bertz CT molecular complexity index is 647. The smallest absolute Gasteiger partial charge is 0.328 e. The van der Waals surface area contributed by atoms with Crippen molar-refractivity contribution >= 4 is 29.3 Å². The average Bonchev–Trinajstić information content (AvgIpc) is 2.96. The number of rotatable bonds is 6. The second-order valence-electron chi connectivity index (χ2n) is 4.45. The maximum atomic E-state index is 11.8. The van der Waals surface area contributed by atoms with Gasteiger partial charge in [-0.15, -0.1) is 11.3 Å². The van der Waals surface area contributed by atoms with Gasteiger partial charge < -0.3 is 10.4 Å². The molecule has 4 nitrogen and oxygen atoms in total. The third-order valence-electron chi connectivity index (χ3n) is 2.77. The maximum absolute atomic E-state index is 11.8. The van der Waals surface area contributed by atoms with Crippen LogP contribution in [0.2, 0.25) is 0 Å². The summed E-state index contributed by atoms with van der Waals surface area (Å²) >= 11 is 1.56. The predicted molar refractivity (Wildman–Crippen MR) is 83.0 cm³/mol. The van der Waals surface area contributed by atoms with Crippen LogP contribution >= 0.6 is 11.3 Å². The van der Waals surface area contributed by atoms with Crippen LogP contribution in [-0.2, 0) is 22.6 Å². The topological polar surface area (TPSA) is 66.4 Å². The molecular formula is C16H15NO3S. The minimum Gasteiger partial charge on any atom is -0.478 e. The van der Waals surface area contributed by atoms with E-state index in [0.29, 0.717) is 13.0 Å². The van der Waals surface area contributed by atoms with E-state index in [2.05, 4.69) is 5.32 Å². The van der Waals surface area contributed by atoms with Crippen LogP contribution in [0.25, 0.3) is 6.08 Å². The molecule has 1 aromatic carbocycles. The van der Waals surface area contributed by atoms with Crippen molar-refractivity contribution < 1.29 is 14.7 Å². The normalized spacial score (nSPS) is 10.7. The lowest BCUT2D eigenvalue weighted by Crippen LogP contribution is -2.24. The Hall–Kier alpha value is -2.40. The van der Waals surface area contributed by atoms with Crippen molar-refractivity contribution in [3.05, 3.63) is 63.9 Å². The second kappa shape index (κ2) is 7.40. The number of aliphatic carboxylic acids is 1. The second-order valence-corrected chi connectivity index (χ2v) is 5.48. The zero-order chi connectivity index (χ0) is 15.1. The van der Waals surface area contributed by atoms with E-state index < -0.39 is 5.97 Å². The fourth-order valence-corrected chi connectivity index (χ4v) is 2.51. The summed E-state index contributed by atoms with van der Waals surface area (Å²) < 4.78 is 0. The summed E-state index contributed by atoms with van der Waals surface area (Å²) in [6.45, 7) is 0.430. The van der Waals surface area contributed by atoms with Crippen LogP contribution in [0.3, 0.4) is 0 Å². The van der Waals surface area contributed by atoms with E-state index in [1.165, 1.54) is 6.08 Å². The van der Waals surface area contributed by atoms with Gasteiger partial charge in [-0.1, -0.05) is 24.3 Å². The molecule has 2 rings (SSSR count). The van der Waals surface area contributed by atoms with E-state index in [0.717, 1.165) is 22.1 Å². The molecule has 0 unspecified atom stereocenters. The quantitative estimate of drug-likeness (QED) is 0.806. The number of hydrogen-bond donors (Lipinski definition) is 2. The molecule has 108 valence electrons. The highest BCUT2D eigenvalue weighted by Crippen LogP contribution is 2.10. The number of carbonyl (C=O) groups excluding carboxylic acids is 1. The van der Waals surface area contributed by atoms with Crippen molar-refractivity contribution in [1.82, 2.24) is 5.32 Å². The molecule has 1 aromatic heterocycles. The predicted octanol–water partition coefficient (Wildman–Crippen LogP) is 2.70. The lowest BCUT2D eigenvalue weighted by molar-refractivity contribution is -0.131. The van der Waals surface area contributed by atoms with Crippen molar-refractivity contribution in [3.63, 3.8) is 0 Å². The van der Waals surface area contributed by atoms with Crippen LogP contribution in [0, 0.1) is 0 Å². The molecule has 0 aliphatic heterocycles. The Morgan fingerprint density at radius 3 is 2.81 bits per heavy atom. The molecule has 0 fully saturated rings. The lowest BCUT2D eigenvalue weighted by Gasteiger charge is -2.05. The fourth-order valence-electron chi connectivity index (χ4n) is 1.81. The van der Waals surface area contributed by atoms with Gasteiger partial charge in [0.25, 0.3) is 0 Å². The fraction of sp³-hybridized carbons (Fsp3) is 0.125. The molecule has 0 bridgehead atoms. The van der Waals surface area contributed by atoms with Gasteiger partial charge in [0.1, 0.15) is 0 Å². The maximum Gasteiger partial charge on any atom is 0.328 e. The molecule has 2 N–H and O–H groups in total. The summed E-state index contributed by atoms with van der Waals surface area (Å²) in [6.07, 6.45) is 3.00. The molecule has 0 radical (unpaired) electrons. The average molecular weight is 301 g/mol. The SMILES string of the molecule is O=C(O)C=Cc1cccc(CNC(=O)Cc2cccs2)c1. The minimum absolute atomic E-state index is 0.0241. The Morgan fingerprint density at radius 1 is 1.24 bits per heavy atom. The summed E-state index contributed by atoms with van der Waals surface area (Å²) in [5.41, 5.74) is 1.73. The van der Waals surface area contributed by atoms with Crippen LogP contribution in [0.15, 0.2) is 47.9 Å². The first kappa shape index (κ1) is 15.0. The largest absolute Gasteiger partial charge is 0.478 e. The Balaban J connectivity index is 1.89. The molecular weight excluding hydrogens is 286 g/mol. The molecule has 0 atom stereocenters. The lowest BCUT2D eigenvalue weighted by atomic mass is 10.1. The van der Waals surface area contributed by atoms with Crippen molar-refractivity contribution in [1.29, 1.82) is 0 Å². The summed E-state index contributed by atoms with van der Waals surface area (Å²) in [4.78, 5) is 23.3. The number of amides is 1. The van der Waals surface area contributed by atoms with Crippen LogP contribution in [0.5, 0.6) is 0 Å². The highest BCUT2D eigenvalue weighted by Gasteiger charge is 2.04. The minimum atomic E-state index is -0.982. The zero-order valence-corrected chi connectivity index (χ0v) is 12.1. The first-order valence-electron chi connectivity index (χ1n) is 6.42. The van der Waals surface area contributed by atoms with Gasteiger partial charge >= 0.3 is 5.97 Å². The third-order valence-corrected chi connectivity index (χ3v) is 3.65. The molecule has 1 heterocycles. The molecule has 2 aromatic rings. The standard InChI is InChI=1S/C16H15NO3S/c18-15(10-14-5-2-8-21-14)17-11-13-4-1-3-12(9-13)6-7-16(19)20/h1-9H,10-11H2,(H,17,18)(H,19,20). The molecule has 0 aliphatic rings. The zero-order valence-electron chi connectivity index (χ0n) is 11.3. The number of carboxylic acid groups (broad SMARTS) is 1. The van der Waals surface area contributed by atoms with Gasteiger partial charge in [-0.05, 0) is 34.7 Å². The number of hydrogen-bond acceptors (Lipinski definition) is 3. The number of carbonyl (C=O) groups is 2. The highest BCUT2D eigenvalue weighted by molar-refractivity contribution is 7.10. The first-order chi connectivity index (χ1) is 10.1. The van der Waals surface area contributed by atoms with E-state index >= 15 is 0 Å². The molecule has 0 spiro atoms. The van der Waals surface area contributed by atoms with Crippen LogP contribution < -0.4 is 5.32 Å². The first-order valence-corrected chi connectivity index (χ1v) is 7.30. The van der Waals surface area contributed by atoms with Crippen LogP contribution in [0.1, 0.15) is 16.0 Å². The van der Waals surface area contributed by atoms with E-state index in [-0.39, 0.29) is 5.91 Å². The van der Waals surface area contributed by atoms with Crippen molar-refractivity contribution in [2.75, 3.05) is 0 Å². The van der Waals surface area contributed by atoms with Gasteiger partial charge in [0.05, 0.1) is 6.42 Å². The summed E-state index contributed by atoms with van der Waals surface area (Å²) in [7, 11) is 0. The number of benzene rings is 1. The number of thiophene rings is 1. The Labute approximate surface area is 126 Å². The number of carboxylic acids is 1. The van der Waals surface area contributed by atoms with Gasteiger partial charge in [0, 0.05) is 17.5 Å². The van der Waals surface area contributed by atoms with Crippen molar-refractivity contribution in [2.24, 2.45) is 0 Å². The summed E-state index contributed by atoms with van der Waals surface area (Å²) in [5, 5.41) is 13.4. The molecule has 0 saturated heterocycles. The molecule has 0 aliphatic carbocycles. The Morgan fingerprint density at radius 2 is 2.10 bits per heavy atom. The van der Waals surface area contributed by atoms with Gasteiger partial charge in [0.2, 0.25) is 5.91 Å². The van der Waals surface area contributed by atoms with Crippen molar-refractivity contribution in [3.8, 4) is 0 Å². The van der Waals surface area contributed by atoms with Crippen LogP contribution in [-0.4, -0.2) is 17.0 Å². The summed E-state index contributed by atoms with van der Waals surface area (Å²) in [5.74, 6) is -1.01. The van der Waals surface area contributed by atoms with Crippen molar-refractivity contribution in [2.45, 2.75) is 13.0 Å². The monoisotopic (exact) mass is 301 g/mol. The van der Waals surface area contributed by atoms with Gasteiger partial charge in [-0.25, -0.2) is 4.79 Å². The molecule has 1 amide bonds. The molecule has 21 heavy (non-hydrogen) atoms. The molecule has 0 saturated carbocycles. The van der Waals surface area contributed by atoms with Gasteiger partial charge in [-0.3, -0.25) is 4.79 Å². The van der Waals surface area contributed by atoms with Gasteiger partial charge in [0.15, 0.2) is 0 Å². The third kappa shape index (κ3) is 5.24.